The van der Waals surface area contributed by atoms with E-state index in [1.807, 2.05) is 61.0 Å². The first-order valence-electron chi connectivity index (χ1n) is 11.1. The van der Waals surface area contributed by atoms with Gasteiger partial charge in [0.1, 0.15) is 11.5 Å². The molecular weight excluding hydrogens is 438 g/mol. The number of carbonyl (C=O) groups excluding carboxylic acids is 1. The fourth-order valence-electron chi connectivity index (χ4n) is 4.03. The average Bonchev–Trinajstić information content (AvgIpc) is 3.25. The van der Waals surface area contributed by atoms with Crippen molar-refractivity contribution < 1.29 is 23.0 Å². The van der Waals surface area contributed by atoms with Crippen LogP contribution >= 0.6 is 0 Å². The Hall–Kier alpha value is -3.87. The highest BCUT2D eigenvalue weighted by atomic mass is 19.2. The molecule has 5 nitrogen and oxygen atoms in total. The molecule has 34 heavy (non-hydrogen) atoms. The molecule has 0 N–H and O–H groups in total. The standard InChI is InChI=1S/C27H26F2N2O3/c1-4-30(5-2)27(32)34-24-14-13-23-21(25(24)18-9-11-20(33-3)12-10-18)15-16-31(23)17-19-7-6-8-22(28)26(19)29/h6-16H,4-5,17H2,1-3H3. The minimum Gasteiger partial charge on any atom is -0.497 e. The highest BCUT2D eigenvalue weighted by molar-refractivity contribution is 5.99. The van der Waals surface area contributed by atoms with Gasteiger partial charge in [0.05, 0.1) is 13.7 Å². The van der Waals surface area contributed by atoms with Crippen LogP contribution in [0.15, 0.2) is 66.9 Å². The number of rotatable bonds is 7. The lowest BCUT2D eigenvalue weighted by Crippen LogP contribution is -2.33. The van der Waals surface area contributed by atoms with E-state index in [-0.39, 0.29) is 12.1 Å². The van der Waals surface area contributed by atoms with E-state index in [0.717, 1.165) is 28.1 Å². The second-order valence-corrected chi connectivity index (χ2v) is 7.80. The Morgan fingerprint density at radius 3 is 2.38 bits per heavy atom. The van der Waals surface area contributed by atoms with Gasteiger partial charge >= 0.3 is 6.09 Å². The number of hydrogen-bond donors (Lipinski definition) is 0. The van der Waals surface area contributed by atoms with Crippen LogP contribution < -0.4 is 9.47 Å². The molecule has 0 aliphatic carbocycles. The molecule has 0 unspecified atom stereocenters. The van der Waals surface area contributed by atoms with Gasteiger partial charge in [-0.1, -0.05) is 24.3 Å². The summed E-state index contributed by atoms with van der Waals surface area (Å²) in [5, 5.41) is 0.826. The monoisotopic (exact) mass is 464 g/mol. The van der Waals surface area contributed by atoms with Crippen molar-refractivity contribution in [1.82, 2.24) is 9.47 Å². The summed E-state index contributed by atoms with van der Waals surface area (Å²) in [5.74, 6) is -0.607. The van der Waals surface area contributed by atoms with Gasteiger partial charge in [0.25, 0.3) is 0 Å². The molecule has 4 aromatic rings. The number of nitrogens with zero attached hydrogens (tertiary/aromatic N) is 2. The molecule has 1 amide bonds. The molecule has 0 spiro atoms. The van der Waals surface area contributed by atoms with E-state index in [0.29, 0.717) is 24.6 Å². The minimum absolute atomic E-state index is 0.160. The molecule has 1 heterocycles. The Bertz CT molecular complexity index is 1310. The second kappa shape index (κ2) is 9.95. The zero-order chi connectivity index (χ0) is 24.2. The van der Waals surface area contributed by atoms with Crippen LogP contribution in [-0.4, -0.2) is 35.8 Å². The Kier molecular flexibility index (Phi) is 6.82. The number of carbonyl (C=O) groups is 1. The van der Waals surface area contributed by atoms with Gasteiger partial charge in [-0.2, -0.15) is 0 Å². The maximum absolute atomic E-state index is 14.3. The van der Waals surface area contributed by atoms with Crippen molar-refractivity contribution in [2.45, 2.75) is 20.4 Å². The number of ether oxygens (including phenoxy) is 2. The van der Waals surface area contributed by atoms with Crippen molar-refractivity contribution in [1.29, 1.82) is 0 Å². The van der Waals surface area contributed by atoms with E-state index in [2.05, 4.69) is 0 Å². The van der Waals surface area contributed by atoms with Gasteiger partial charge in [-0.15, -0.1) is 0 Å². The second-order valence-electron chi connectivity index (χ2n) is 7.80. The Morgan fingerprint density at radius 2 is 1.71 bits per heavy atom. The Balaban J connectivity index is 1.82. The summed E-state index contributed by atoms with van der Waals surface area (Å²) in [6.45, 7) is 5.01. The zero-order valence-corrected chi connectivity index (χ0v) is 19.3. The molecule has 0 saturated carbocycles. The van der Waals surface area contributed by atoms with Crippen LogP contribution in [0.1, 0.15) is 19.4 Å². The van der Waals surface area contributed by atoms with Crippen molar-refractivity contribution in [2.24, 2.45) is 0 Å². The molecule has 0 radical (unpaired) electrons. The fraction of sp³-hybridized carbons (Fsp3) is 0.222. The van der Waals surface area contributed by atoms with Crippen molar-refractivity contribution in [2.75, 3.05) is 20.2 Å². The van der Waals surface area contributed by atoms with E-state index in [9.17, 15) is 13.6 Å². The lowest BCUT2D eigenvalue weighted by atomic mass is 10.0. The molecule has 0 saturated heterocycles. The van der Waals surface area contributed by atoms with E-state index in [1.54, 1.807) is 24.1 Å². The zero-order valence-electron chi connectivity index (χ0n) is 19.3. The van der Waals surface area contributed by atoms with Crippen LogP contribution in [0.4, 0.5) is 13.6 Å². The summed E-state index contributed by atoms with van der Waals surface area (Å²) in [6, 6.07) is 17.1. The molecule has 7 heteroatoms. The maximum atomic E-state index is 14.3. The molecule has 4 rings (SSSR count). The smallest absolute Gasteiger partial charge is 0.415 e. The average molecular weight is 465 g/mol. The predicted molar refractivity (Wildman–Crippen MR) is 128 cm³/mol. The maximum Gasteiger partial charge on any atom is 0.415 e. The summed E-state index contributed by atoms with van der Waals surface area (Å²) in [6.07, 6.45) is 1.39. The van der Waals surface area contributed by atoms with Crippen LogP contribution in [0.5, 0.6) is 11.5 Å². The molecule has 0 aliphatic heterocycles. The number of fused-ring (bicyclic) bond motifs is 1. The highest BCUT2D eigenvalue weighted by Gasteiger charge is 2.19. The molecule has 0 fully saturated rings. The molecule has 0 bridgehead atoms. The van der Waals surface area contributed by atoms with Gasteiger partial charge in [-0.3, -0.25) is 0 Å². The quantitative estimate of drug-likeness (QED) is 0.314. The van der Waals surface area contributed by atoms with Gasteiger partial charge in [-0.25, -0.2) is 13.6 Å². The summed E-state index contributed by atoms with van der Waals surface area (Å²) in [7, 11) is 1.60. The molecular formula is C27H26F2N2O3. The number of methoxy groups -OCH3 is 1. The fourth-order valence-corrected chi connectivity index (χ4v) is 4.03. The summed E-state index contributed by atoms with van der Waals surface area (Å²) in [5.41, 5.74) is 2.63. The van der Waals surface area contributed by atoms with Gasteiger partial charge in [0.15, 0.2) is 11.6 Å². The van der Waals surface area contributed by atoms with Crippen LogP contribution in [0.25, 0.3) is 22.0 Å². The number of benzene rings is 3. The Labute approximate surface area is 197 Å². The third-order valence-corrected chi connectivity index (χ3v) is 5.88. The first-order valence-corrected chi connectivity index (χ1v) is 11.1. The van der Waals surface area contributed by atoms with Gasteiger partial charge < -0.3 is 18.9 Å². The third kappa shape index (κ3) is 4.46. The number of aromatic nitrogens is 1. The lowest BCUT2D eigenvalue weighted by molar-refractivity contribution is 0.157. The predicted octanol–water partition coefficient (Wildman–Crippen LogP) is 6.48. The Morgan fingerprint density at radius 1 is 0.971 bits per heavy atom. The van der Waals surface area contributed by atoms with E-state index in [4.69, 9.17) is 9.47 Å². The van der Waals surface area contributed by atoms with E-state index < -0.39 is 17.7 Å². The lowest BCUT2D eigenvalue weighted by Gasteiger charge is -2.20. The van der Waals surface area contributed by atoms with Crippen molar-refractivity contribution in [3.8, 4) is 22.6 Å². The number of halogens is 2. The van der Waals surface area contributed by atoms with Crippen LogP contribution in [0.3, 0.4) is 0 Å². The summed E-state index contributed by atoms with van der Waals surface area (Å²) < 4.78 is 40.9. The summed E-state index contributed by atoms with van der Waals surface area (Å²) in [4.78, 5) is 14.3. The molecule has 0 atom stereocenters. The molecule has 3 aromatic carbocycles. The first-order chi connectivity index (χ1) is 16.5. The summed E-state index contributed by atoms with van der Waals surface area (Å²) >= 11 is 0. The largest absolute Gasteiger partial charge is 0.497 e. The topological polar surface area (TPSA) is 43.7 Å². The number of amides is 1. The molecule has 176 valence electrons. The van der Waals surface area contributed by atoms with E-state index >= 15 is 0 Å². The molecule has 0 aliphatic rings. The third-order valence-electron chi connectivity index (χ3n) is 5.88. The first kappa shape index (κ1) is 23.3. The SMILES string of the molecule is CCN(CC)C(=O)Oc1ccc2c(ccn2Cc2cccc(F)c2F)c1-c1ccc(OC)cc1. The molecule has 1 aromatic heterocycles. The minimum atomic E-state index is -0.876. The van der Waals surface area contributed by atoms with Crippen LogP contribution in [0, 0.1) is 11.6 Å². The van der Waals surface area contributed by atoms with Gasteiger partial charge in [0.2, 0.25) is 0 Å². The highest BCUT2D eigenvalue weighted by Crippen LogP contribution is 2.39. The van der Waals surface area contributed by atoms with Crippen molar-refractivity contribution in [3.63, 3.8) is 0 Å². The van der Waals surface area contributed by atoms with Crippen molar-refractivity contribution >= 4 is 17.0 Å². The van der Waals surface area contributed by atoms with E-state index in [1.165, 1.54) is 6.07 Å². The van der Waals surface area contributed by atoms with Crippen molar-refractivity contribution in [3.05, 3.63) is 84.1 Å². The normalized spacial score (nSPS) is 11.0. The van der Waals surface area contributed by atoms with Crippen LogP contribution in [0.2, 0.25) is 0 Å². The number of hydrogen-bond acceptors (Lipinski definition) is 3. The van der Waals surface area contributed by atoms with Crippen LogP contribution in [-0.2, 0) is 6.54 Å². The van der Waals surface area contributed by atoms with Gasteiger partial charge in [-0.05, 0) is 55.8 Å². The van der Waals surface area contributed by atoms with Gasteiger partial charge in [0, 0.05) is 41.3 Å².